The molecule has 1 aliphatic carbocycles. The van der Waals surface area contributed by atoms with E-state index < -0.39 is 0 Å². The molecule has 1 saturated carbocycles. The molecule has 0 bridgehead atoms. The van der Waals surface area contributed by atoms with Gasteiger partial charge in [0.25, 0.3) is 0 Å². The molecule has 3 atom stereocenters. The molecule has 3 fully saturated rings. The van der Waals surface area contributed by atoms with Crippen molar-refractivity contribution in [3.63, 3.8) is 0 Å². The second kappa shape index (κ2) is 8.45. The van der Waals surface area contributed by atoms with E-state index in [1.807, 2.05) is 24.0 Å². The van der Waals surface area contributed by atoms with Crippen molar-refractivity contribution in [1.82, 2.24) is 24.9 Å². The Kier molecular flexibility index (Phi) is 5.31. The minimum absolute atomic E-state index is 0.516. The second-order valence-corrected chi connectivity index (χ2v) is 9.99. The Labute approximate surface area is 189 Å². The first-order valence-corrected chi connectivity index (χ1v) is 12.0. The topological polar surface area (TPSA) is 68.1 Å². The Bertz CT molecular complexity index is 1060. The molecule has 0 radical (unpaired) electrons. The zero-order valence-corrected chi connectivity index (χ0v) is 18.8. The Morgan fingerprint density at radius 3 is 2.59 bits per heavy atom. The number of benzene rings is 1. The lowest BCUT2D eigenvalue weighted by Crippen LogP contribution is -2.32. The average Bonchev–Trinajstić information content (AvgIpc) is 3.46. The Hall–Kier alpha value is -2.51. The van der Waals surface area contributed by atoms with Gasteiger partial charge in [-0.2, -0.15) is 5.10 Å². The van der Waals surface area contributed by atoms with Crippen LogP contribution in [0.2, 0.25) is 0 Å². The number of hydrogen-bond acceptors (Lipinski definition) is 6. The first-order chi connectivity index (χ1) is 15.7. The lowest BCUT2D eigenvalue weighted by atomic mass is 10.00. The lowest BCUT2D eigenvalue weighted by Gasteiger charge is -2.27. The fraction of sp³-hybridized carbons (Fsp3) is 0.560. The van der Waals surface area contributed by atoms with Gasteiger partial charge in [-0.25, -0.2) is 0 Å². The predicted molar refractivity (Wildman–Crippen MR) is 125 cm³/mol. The third kappa shape index (κ3) is 4.11. The van der Waals surface area contributed by atoms with Crippen LogP contribution in [-0.4, -0.2) is 63.8 Å². The molecule has 32 heavy (non-hydrogen) atoms. The van der Waals surface area contributed by atoms with Crippen molar-refractivity contribution in [3.8, 4) is 11.3 Å². The maximum absolute atomic E-state index is 5.52. The number of anilines is 1. The van der Waals surface area contributed by atoms with Crippen LogP contribution in [0.15, 0.2) is 36.5 Å². The monoisotopic (exact) mass is 432 g/mol. The summed E-state index contributed by atoms with van der Waals surface area (Å²) in [6.45, 7) is 5.71. The van der Waals surface area contributed by atoms with Crippen molar-refractivity contribution >= 4 is 16.7 Å². The van der Waals surface area contributed by atoms with Crippen molar-refractivity contribution in [1.29, 1.82) is 0 Å². The van der Waals surface area contributed by atoms with Crippen LogP contribution in [-0.2, 0) is 11.8 Å². The number of nitrogens with zero attached hydrogens (tertiary/aromatic N) is 5. The maximum atomic E-state index is 5.52. The number of ether oxygens (including phenoxy) is 1. The van der Waals surface area contributed by atoms with Crippen LogP contribution in [0, 0.1) is 17.8 Å². The molecule has 0 amide bonds. The van der Waals surface area contributed by atoms with Gasteiger partial charge in [-0.1, -0.05) is 6.07 Å². The summed E-state index contributed by atoms with van der Waals surface area (Å²) in [6, 6.07) is 10.9. The van der Waals surface area contributed by atoms with Crippen molar-refractivity contribution in [2.45, 2.75) is 31.7 Å². The molecule has 2 aromatic heterocycles. The highest BCUT2D eigenvalue weighted by molar-refractivity contribution is 5.83. The van der Waals surface area contributed by atoms with E-state index in [1.165, 1.54) is 45.3 Å². The summed E-state index contributed by atoms with van der Waals surface area (Å²) in [7, 11) is 1.95. The molecule has 2 aliphatic heterocycles. The van der Waals surface area contributed by atoms with Gasteiger partial charge in [-0.3, -0.25) is 4.68 Å². The summed E-state index contributed by atoms with van der Waals surface area (Å²) in [6.07, 6.45) is 7.00. The number of fused-ring (bicyclic) bond motifs is 2. The summed E-state index contributed by atoms with van der Waals surface area (Å²) in [5.41, 5.74) is 2.97. The first-order valence-electron chi connectivity index (χ1n) is 12.0. The number of hydrogen-bond donors (Lipinski definition) is 1. The quantitative estimate of drug-likeness (QED) is 0.665. The summed E-state index contributed by atoms with van der Waals surface area (Å²) in [4.78, 5) is 2.72. The molecule has 6 rings (SSSR count). The Morgan fingerprint density at radius 2 is 1.84 bits per heavy atom. The van der Waals surface area contributed by atoms with Gasteiger partial charge in [0.15, 0.2) is 0 Å². The molecule has 1 N–H and O–H groups in total. The third-order valence-corrected chi connectivity index (χ3v) is 7.62. The fourth-order valence-corrected chi connectivity index (χ4v) is 6.04. The van der Waals surface area contributed by atoms with E-state index >= 15 is 0 Å². The lowest BCUT2D eigenvalue weighted by molar-refractivity contribution is 0.0545. The highest BCUT2D eigenvalue weighted by Gasteiger charge is 2.41. The number of aryl methyl sites for hydroxylation is 1. The summed E-state index contributed by atoms with van der Waals surface area (Å²) < 4.78 is 7.36. The number of likely N-dealkylation sites (tertiary alicyclic amines) is 1. The third-order valence-electron chi connectivity index (χ3n) is 7.62. The van der Waals surface area contributed by atoms with Gasteiger partial charge in [0, 0.05) is 63.1 Å². The number of nitrogens with one attached hydrogen (secondary N) is 1. The molecular formula is C25H32N6O. The summed E-state index contributed by atoms with van der Waals surface area (Å²) in [5, 5.41) is 18.2. The Balaban J connectivity index is 1.04. The van der Waals surface area contributed by atoms with Gasteiger partial charge in [0.1, 0.15) is 5.82 Å². The molecule has 1 unspecified atom stereocenters. The second-order valence-electron chi connectivity index (χ2n) is 9.99. The molecule has 1 aromatic carbocycles. The standard InChI is InChI=1S/C25H32N6O/c1-30-14-21-10-18(2-3-24(21)29-30)23-4-5-25(28-27-23)26-22-11-19-15-31(16-20(19)12-22)13-17-6-8-32-9-7-17/h2-5,10,14,17,19-20,22H,6-9,11-13,15-16H2,1H3,(H,26,28)/t19-,20+,22?. The van der Waals surface area contributed by atoms with Crippen molar-refractivity contribution in [2.24, 2.45) is 24.8 Å². The van der Waals surface area contributed by atoms with Crippen LogP contribution in [0.5, 0.6) is 0 Å². The zero-order valence-electron chi connectivity index (χ0n) is 18.8. The van der Waals surface area contributed by atoms with Crippen LogP contribution in [0.1, 0.15) is 25.7 Å². The van der Waals surface area contributed by atoms with Crippen LogP contribution < -0.4 is 5.32 Å². The van der Waals surface area contributed by atoms with Crippen molar-refractivity contribution in [3.05, 3.63) is 36.5 Å². The van der Waals surface area contributed by atoms with E-state index in [-0.39, 0.29) is 0 Å². The van der Waals surface area contributed by atoms with E-state index in [1.54, 1.807) is 0 Å². The largest absolute Gasteiger partial charge is 0.381 e. The van der Waals surface area contributed by atoms with Gasteiger partial charge < -0.3 is 15.0 Å². The SMILES string of the molecule is Cn1cc2cc(-c3ccc(NC4C[C@@H]5CN(CC6CCOCC6)C[C@@H]5C4)nn3)ccc2n1. The van der Waals surface area contributed by atoms with E-state index in [0.29, 0.717) is 6.04 Å². The minimum Gasteiger partial charge on any atom is -0.381 e. The van der Waals surface area contributed by atoms with Gasteiger partial charge in [-0.15, -0.1) is 10.2 Å². The maximum Gasteiger partial charge on any atom is 0.148 e. The van der Waals surface area contributed by atoms with Gasteiger partial charge in [0.05, 0.1) is 11.2 Å². The molecule has 4 heterocycles. The highest BCUT2D eigenvalue weighted by Crippen LogP contribution is 2.39. The Morgan fingerprint density at radius 1 is 1.03 bits per heavy atom. The molecule has 168 valence electrons. The van der Waals surface area contributed by atoms with Crippen molar-refractivity contribution < 1.29 is 4.74 Å². The molecule has 7 nitrogen and oxygen atoms in total. The number of rotatable bonds is 5. The van der Waals surface area contributed by atoms with E-state index in [2.05, 4.69) is 49.8 Å². The first kappa shape index (κ1) is 20.1. The van der Waals surface area contributed by atoms with E-state index in [9.17, 15) is 0 Å². The zero-order chi connectivity index (χ0) is 21.5. The molecule has 3 aromatic rings. The van der Waals surface area contributed by atoms with Crippen LogP contribution in [0.3, 0.4) is 0 Å². The van der Waals surface area contributed by atoms with Crippen LogP contribution in [0.25, 0.3) is 22.2 Å². The number of aromatic nitrogens is 4. The predicted octanol–water partition coefficient (Wildman–Crippen LogP) is 3.58. The van der Waals surface area contributed by atoms with E-state index in [0.717, 1.165) is 58.9 Å². The minimum atomic E-state index is 0.516. The van der Waals surface area contributed by atoms with Crippen LogP contribution in [0.4, 0.5) is 5.82 Å². The van der Waals surface area contributed by atoms with Crippen molar-refractivity contribution in [2.75, 3.05) is 38.2 Å². The molecule has 7 heteroatoms. The van der Waals surface area contributed by atoms with Crippen LogP contribution >= 0.6 is 0 Å². The molecule has 2 saturated heterocycles. The summed E-state index contributed by atoms with van der Waals surface area (Å²) >= 11 is 0. The smallest absolute Gasteiger partial charge is 0.148 e. The average molecular weight is 433 g/mol. The molecule has 3 aliphatic rings. The normalized spacial score (nSPS) is 26.6. The van der Waals surface area contributed by atoms with Gasteiger partial charge in [0.2, 0.25) is 0 Å². The highest BCUT2D eigenvalue weighted by atomic mass is 16.5. The summed E-state index contributed by atoms with van der Waals surface area (Å²) in [5.74, 6) is 3.38. The van der Waals surface area contributed by atoms with E-state index in [4.69, 9.17) is 4.74 Å². The molecule has 0 spiro atoms. The van der Waals surface area contributed by atoms with Gasteiger partial charge >= 0.3 is 0 Å². The fourth-order valence-electron chi connectivity index (χ4n) is 6.04. The molecular weight excluding hydrogens is 400 g/mol. The van der Waals surface area contributed by atoms with Gasteiger partial charge in [-0.05, 0) is 67.7 Å².